The molecule has 96 valence electrons. The summed E-state index contributed by atoms with van der Waals surface area (Å²) in [6, 6.07) is 10.3. The molecule has 0 amide bonds. The summed E-state index contributed by atoms with van der Waals surface area (Å²) in [6.07, 6.45) is 0. The van der Waals surface area contributed by atoms with Crippen LogP contribution in [0.4, 0.5) is 17.5 Å². The van der Waals surface area contributed by atoms with Crippen LogP contribution in [0.15, 0.2) is 35.7 Å². The summed E-state index contributed by atoms with van der Waals surface area (Å²) in [5.74, 6) is 1.15. The topological polar surface area (TPSA) is 55.0 Å². The lowest BCUT2D eigenvalue weighted by atomic mass is 10.2. The summed E-state index contributed by atoms with van der Waals surface area (Å²) >= 11 is 1.57. The zero-order valence-electron chi connectivity index (χ0n) is 10.8. The fourth-order valence-electron chi connectivity index (χ4n) is 2.00. The van der Waals surface area contributed by atoms with Crippen molar-refractivity contribution in [2.75, 3.05) is 17.7 Å². The van der Waals surface area contributed by atoms with Crippen LogP contribution in [0.1, 0.15) is 5.56 Å². The van der Waals surface area contributed by atoms with E-state index in [0.717, 1.165) is 21.7 Å². The first-order valence-corrected chi connectivity index (χ1v) is 6.84. The molecule has 0 aliphatic rings. The van der Waals surface area contributed by atoms with Gasteiger partial charge in [-0.25, -0.2) is 4.98 Å². The number of nitrogens with two attached hydrogens (primary N) is 1. The number of aromatic nitrogens is 2. The van der Waals surface area contributed by atoms with Gasteiger partial charge in [0.05, 0.1) is 5.39 Å². The summed E-state index contributed by atoms with van der Waals surface area (Å²) in [5.41, 5.74) is 8.10. The van der Waals surface area contributed by atoms with Crippen LogP contribution < -0.4 is 10.6 Å². The van der Waals surface area contributed by atoms with Crippen LogP contribution in [0.5, 0.6) is 0 Å². The standard InChI is InChI=1S/C14H14N4S/c1-9-3-5-10(6-4-9)18(2)12-11-7-8-19-13(11)17-14(15)16-12/h3-8H,1-2H3,(H2,15,16,17). The highest BCUT2D eigenvalue weighted by Gasteiger charge is 2.12. The van der Waals surface area contributed by atoms with Crippen LogP contribution in [0, 0.1) is 6.92 Å². The minimum Gasteiger partial charge on any atom is -0.368 e. The normalized spacial score (nSPS) is 10.8. The number of rotatable bonds is 2. The maximum Gasteiger partial charge on any atom is 0.223 e. The molecule has 0 saturated heterocycles. The summed E-state index contributed by atoms with van der Waals surface area (Å²) < 4.78 is 0. The molecule has 1 aromatic carbocycles. The first-order chi connectivity index (χ1) is 9.15. The number of aryl methyl sites for hydroxylation is 1. The average Bonchev–Trinajstić information content (AvgIpc) is 2.85. The molecule has 0 fully saturated rings. The van der Waals surface area contributed by atoms with Crippen LogP contribution >= 0.6 is 11.3 Å². The number of fused-ring (bicyclic) bond motifs is 1. The van der Waals surface area contributed by atoms with E-state index in [1.54, 1.807) is 11.3 Å². The van der Waals surface area contributed by atoms with E-state index in [0.29, 0.717) is 5.95 Å². The van der Waals surface area contributed by atoms with E-state index in [1.807, 2.05) is 23.4 Å². The smallest absolute Gasteiger partial charge is 0.223 e. The molecule has 0 aliphatic carbocycles. The van der Waals surface area contributed by atoms with E-state index >= 15 is 0 Å². The Balaban J connectivity index is 2.12. The Morgan fingerprint density at radius 3 is 2.58 bits per heavy atom. The summed E-state index contributed by atoms with van der Waals surface area (Å²) in [4.78, 5) is 11.6. The van der Waals surface area contributed by atoms with Gasteiger partial charge < -0.3 is 10.6 Å². The summed E-state index contributed by atoms with van der Waals surface area (Å²) in [7, 11) is 1.99. The summed E-state index contributed by atoms with van der Waals surface area (Å²) in [6.45, 7) is 2.07. The van der Waals surface area contributed by atoms with Crippen molar-refractivity contribution in [1.29, 1.82) is 0 Å². The predicted molar refractivity (Wildman–Crippen MR) is 81.1 cm³/mol. The molecule has 4 nitrogen and oxygen atoms in total. The van der Waals surface area contributed by atoms with Crippen molar-refractivity contribution < 1.29 is 0 Å². The van der Waals surface area contributed by atoms with E-state index in [1.165, 1.54) is 5.56 Å². The zero-order chi connectivity index (χ0) is 13.4. The van der Waals surface area contributed by atoms with Gasteiger partial charge >= 0.3 is 0 Å². The Hall–Kier alpha value is -2.14. The fourth-order valence-corrected chi connectivity index (χ4v) is 2.77. The van der Waals surface area contributed by atoms with Crippen molar-refractivity contribution in [2.45, 2.75) is 6.92 Å². The third kappa shape index (κ3) is 2.13. The Morgan fingerprint density at radius 2 is 1.84 bits per heavy atom. The van der Waals surface area contributed by atoms with Crippen LogP contribution in [0.3, 0.4) is 0 Å². The molecule has 0 spiro atoms. The van der Waals surface area contributed by atoms with Crippen LogP contribution in [-0.2, 0) is 0 Å². The molecular formula is C14H14N4S. The lowest BCUT2D eigenvalue weighted by molar-refractivity contribution is 1.12. The second kappa shape index (κ2) is 4.51. The van der Waals surface area contributed by atoms with Gasteiger partial charge in [-0.2, -0.15) is 4.98 Å². The number of nitrogen functional groups attached to an aromatic ring is 1. The van der Waals surface area contributed by atoms with Gasteiger partial charge in [0.2, 0.25) is 5.95 Å². The van der Waals surface area contributed by atoms with Gasteiger partial charge in [0.15, 0.2) is 0 Å². The second-order valence-corrected chi connectivity index (χ2v) is 5.33. The highest BCUT2D eigenvalue weighted by Crippen LogP contribution is 2.31. The molecule has 0 bridgehead atoms. The lowest BCUT2D eigenvalue weighted by Gasteiger charge is -2.19. The number of hydrogen-bond donors (Lipinski definition) is 1. The number of benzene rings is 1. The van der Waals surface area contributed by atoms with Crippen LogP contribution in [0.2, 0.25) is 0 Å². The van der Waals surface area contributed by atoms with Crippen molar-refractivity contribution in [1.82, 2.24) is 9.97 Å². The quantitative estimate of drug-likeness (QED) is 0.776. The van der Waals surface area contributed by atoms with E-state index in [2.05, 4.69) is 41.2 Å². The number of hydrogen-bond acceptors (Lipinski definition) is 5. The van der Waals surface area contributed by atoms with Crippen molar-refractivity contribution in [3.05, 3.63) is 41.3 Å². The third-order valence-corrected chi connectivity index (χ3v) is 3.87. The fraction of sp³-hybridized carbons (Fsp3) is 0.143. The molecule has 19 heavy (non-hydrogen) atoms. The largest absolute Gasteiger partial charge is 0.368 e. The number of nitrogens with zero attached hydrogens (tertiary/aromatic N) is 3. The van der Waals surface area contributed by atoms with Gasteiger partial charge in [-0.1, -0.05) is 17.7 Å². The highest BCUT2D eigenvalue weighted by atomic mass is 32.1. The van der Waals surface area contributed by atoms with Crippen molar-refractivity contribution >= 4 is 39.0 Å². The van der Waals surface area contributed by atoms with E-state index in [4.69, 9.17) is 5.73 Å². The molecule has 3 aromatic rings. The number of thiophene rings is 1. The van der Waals surface area contributed by atoms with E-state index in [-0.39, 0.29) is 0 Å². The third-order valence-electron chi connectivity index (χ3n) is 3.06. The van der Waals surface area contributed by atoms with Crippen molar-refractivity contribution in [3.8, 4) is 0 Å². The molecule has 0 unspecified atom stereocenters. The zero-order valence-corrected chi connectivity index (χ0v) is 11.6. The molecule has 3 rings (SSSR count). The summed E-state index contributed by atoms with van der Waals surface area (Å²) in [5, 5.41) is 3.04. The maximum absolute atomic E-state index is 5.78. The highest BCUT2D eigenvalue weighted by molar-refractivity contribution is 7.16. The SMILES string of the molecule is Cc1ccc(N(C)c2nc(N)nc3sccc23)cc1. The number of anilines is 3. The average molecular weight is 270 g/mol. The molecule has 2 aromatic heterocycles. The molecule has 0 atom stereocenters. The first-order valence-electron chi connectivity index (χ1n) is 5.96. The van der Waals surface area contributed by atoms with Gasteiger partial charge in [-0.15, -0.1) is 11.3 Å². The second-order valence-electron chi connectivity index (χ2n) is 4.44. The first kappa shape index (κ1) is 11.9. The van der Waals surface area contributed by atoms with Gasteiger partial charge in [-0.05, 0) is 30.5 Å². The molecule has 0 saturated carbocycles. The lowest BCUT2D eigenvalue weighted by Crippen LogP contribution is -2.12. The monoisotopic (exact) mass is 270 g/mol. The molecule has 2 heterocycles. The van der Waals surface area contributed by atoms with Gasteiger partial charge in [0.25, 0.3) is 0 Å². The van der Waals surface area contributed by atoms with E-state index in [9.17, 15) is 0 Å². The Labute approximate surface area is 115 Å². The Kier molecular flexibility index (Phi) is 2.83. The molecule has 0 aliphatic heterocycles. The van der Waals surface area contributed by atoms with Crippen LogP contribution in [0.25, 0.3) is 10.2 Å². The molecule has 0 radical (unpaired) electrons. The minimum absolute atomic E-state index is 0.309. The predicted octanol–water partition coefficient (Wildman–Crippen LogP) is 3.35. The van der Waals surface area contributed by atoms with Gasteiger partial charge in [0, 0.05) is 12.7 Å². The Bertz CT molecular complexity index is 718. The minimum atomic E-state index is 0.309. The van der Waals surface area contributed by atoms with Crippen molar-refractivity contribution in [3.63, 3.8) is 0 Å². The molecule has 5 heteroatoms. The molecule has 2 N–H and O–H groups in total. The van der Waals surface area contributed by atoms with Gasteiger partial charge in [-0.3, -0.25) is 0 Å². The maximum atomic E-state index is 5.78. The Morgan fingerprint density at radius 1 is 1.11 bits per heavy atom. The van der Waals surface area contributed by atoms with Crippen molar-refractivity contribution in [2.24, 2.45) is 0 Å². The van der Waals surface area contributed by atoms with Gasteiger partial charge in [0.1, 0.15) is 10.6 Å². The van der Waals surface area contributed by atoms with Crippen LogP contribution in [-0.4, -0.2) is 17.0 Å². The van der Waals surface area contributed by atoms with E-state index < -0.39 is 0 Å². The molecular weight excluding hydrogens is 256 g/mol.